The fraction of sp³-hybridized carbons (Fsp3) is 0.500. The number of benzene rings is 1. The second-order valence-electron chi connectivity index (χ2n) is 4.87. The van der Waals surface area contributed by atoms with Gasteiger partial charge in [-0.25, -0.2) is 0 Å². The topological polar surface area (TPSA) is 23.5 Å². The maximum absolute atomic E-state index is 8.69. The number of aliphatic hydroxyl groups excluding tert-OH is 1. The van der Waals surface area contributed by atoms with Gasteiger partial charge in [-0.1, -0.05) is 24.0 Å². The molecular formula is C16H21NOS. The van der Waals surface area contributed by atoms with Crippen molar-refractivity contribution < 1.29 is 5.11 Å². The average Bonchev–Trinajstić information content (AvgIpc) is 2.44. The zero-order valence-corrected chi connectivity index (χ0v) is 12.2. The smallest absolute Gasteiger partial charge is 0.0540 e. The van der Waals surface area contributed by atoms with Crippen LogP contribution in [-0.4, -0.2) is 40.7 Å². The van der Waals surface area contributed by atoms with Crippen molar-refractivity contribution in [2.75, 3.05) is 24.7 Å². The van der Waals surface area contributed by atoms with Gasteiger partial charge in [0.25, 0.3) is 0 Å². The zero-order valence-electron chi connectivity index (χ0n) is 11.4. The Kier molecular flexibility index (Phi) is 5.78. The molecule has 1 aromatic carbocycles. The Bertz CT molecular complexity index is 446. The molecule has 0 aliphatic carbocycles. The molecule has 2 rings (SSSR count). The van der Waals surface area contributed by atoms with Crippen molar-refractivity contribution in [2.24, 2.45) is 0 Å². The Hall–Kier alpha value is -0.950. The lowest BCUT2D eigenvalue weighted by Gasteiger charge is -2.32. The SMILES string of the molecule is CC1CSCCN1Cc1ccc(C#CCCO)cc1. The van der Waals surface area contributed by atoms with Crippen molar-refractivity contribution in [2.45, 2.75) is 25.9 Å². The van der Waals surface area contributed by atoms with Gasteiger partial charge in [-0.05, 0) is 24.6 Å². The van der Waals surface area contributed by atoms with Crippen LogP contribution in [0.1, 0.15) is 24.5 Å². The minimum absolute atomic E-state index is 0.135. The summed E-state index contributed by atoms with van der Waals surface area (Å²) in [5.74, 6) is 8.49. The van der Waals surface area contributed by atoms with Crippen LogP contribution in [0.4, 0.5) is 0 Å². The summed E-state index contributed by atoms with van der Waals surface area (Å²) < 4.78 is 0. The summed E-state index contributed by atoms with van der Waals surface area (Å²) >= 11 is 2.05. The van der Waals surface area contributed by atoms with Crippen molar-refractivity contribution >= 4 is 11.8 Å². The molecule has 1 aliphatic rings. The largest absolute Gasteiger partial charge is 0.395 e. The summed E-state index contributed by atoms with van der Waals surface area (Å²) in [6.07, 6.45) is 0.546. The Balaban J connectivity index is 1.93. The van der Waals surface area contributed by atoms with Gasteiger partial charge in [0.2, 0.25) is 0 Å². The predicted octanol–water partition coefficient (Wildman–Crippen LogP) is 2.36. The highest BCUT2D eigenvalue weighted by atomic mass is 32.2. The highest BCUT2D eigenvalue weighted by Gasteiger charge is 2.18. The summed E-state index contributed by atoms with van der Waals surface area (Å²) in [7, 11) is 0. The van der Waals surface area contributed by atoms with Gasteiger partial charge in [0.1, 0.15) is 0 Å². The Morgan fingerprint density at radius 1 is 1.37 bits per heavy atom. The maximum Gasteiger partial charge on any atom is 0.0540 e. The van der Waals surface area contributed by atoms with Gasteiger partial charge in [-0.15, -0.1) is 0 Å². The highest BCUT2D eigenvalue weighted by Crippen LogP contribution is 2.18. The van der Waals surface area contributed by atoms with Gasteiger partial charge in [0.15, 0.2) is 0 Å². The summed E-state index contributed by atoms with van der Waals surface area (Å²) in [6, 6.07) is 9.14. The van der Waals surface area contributed by atoms with Crippen molar-refractivity contribution in [3.8, 4) is 11.8 Å². The van der Waals surface area contributed by atoms with E-state index in [1.807, 2.05) is 0 Å². The van der Waals surface area contributed by atoms with Gasteiger partial charge in [-0.2, -0.15) is 11.8 Å². The lowest BCUT2D eigenvalue weighted by atomic mass is 10.1. The minimum atomic E-state index is 0.135. The standard InChI is InChI=1S/C16H21NOS/c1-14-13-19-11-9-17(14)12-16-7-5-15(6-8-16)4-2-3-10-18/h5-8,14,18H,3,9-13H2,1H3. The van der Waals surface area contributed by atoms with E-state index >= 15 is 0 Å². The molecule has 1 N–H and O–H groups in total. The quantitative estimate of drug-likeness (QED) is 0.857. The molecule has 0 bridgehead atoms. The maximum atomic E-state index is 8.69. The predicted molar refractivity (Wildman–Crippen MR) is 82.2 cm³/mol. The Morgan fingerprint density at radius 2 is 2.16 bits per heavy atom. The van der Waals surface area contributed by atoms with E-state index in [4.69, 9.17) is 5.11 Å². The van der Waals surface area contributed by atoms with Crippen molar-refractivity contribution in [3.63, 3.8) is 0 Å². The molecule has 1 fully saturated rings. The summed E-state index contributed by atoms with van der Waals surface area (Å²) in [5, 5.41) is 8.69. The fourth-order valence-electron chi connectivity index (χ4n) is 2.14. The second kappa shape index (κ2) is 7.59. The molecule has 1 saturated heterocycles. The highest BCUT2D eigenvalue weighted by molar-refractivity contribution is 7.99. The number of hydrogen-bond acceptors (Lipinski definition) is 3. The molecule has 0 aromatic heterocycles. The third-order valence-electron chi connectivity index (χ3n) is 3.31. The van der Waals surface area contributed by atoms with Crippen molar-refractivity contribution in [1.29, 1.82) is 0 Å². The number of aliphatic hydroxyl groups is 1. The van der Waals surface area contributed by atoms with Crippen molar-refractivity contribution in [1.82, 2.24) is 4.90 Å². The van der Waals surface area contributed by atoms with Crippen LogP contribution in [0.25, 0.3) is 0 Å². The molecule has 2 nitrogen and oxygen atoms in total. The van der Waals surface area contributed by atoms with E-state index in [2.05, 4.69) is 59.7 Å². The average molecular weight is 275 g/mol. The van der Waals surface area contributed by atoms with Crippen LogP contribution in [0.15, 0.2) is 24.3 Å². The van der Waals surface area contributed by atoms with Gasteiger partial charge in [-0.3, -0.25) is 4.90 Å². The Morgan fingerprint density at radius 3 is 2.84 bits per heavy atom. The van der Waals surface area contributed by atoms with Crippen LogP contribution in [0.3, 0.4) is 0 Å². The molecule has 1 unspecified atom stereocenters. The lowest BCUT2D eigenvalue weighted by Crippen LogP contribution is -2.39. The normalized spacial score (nSPS) is 19.8. The molecule has 1 atom stereocenters. The number of rotatable bonds is 3. The van der Waals surface area contributed by atoms with Gasteiger partial charge < -0.3 is 5.11 Å². The Labute approximate surface area is 120 Å². The first-order valence-electron chi connectivity index (χ1n) is 6.80. The van der Waals surface area contributed by atoms with Gasteiger partial charge in [0.05, 0.1) is 6.61 Å². The summed E-state index contributed by atoms with van der Waals surface area (Å²) in [5.41, 5.74) is 2.38. The molecule has 3 heteroatoms. The number of nitrogens with zero attached hydrogens (tertiary/aromatic N) is 1. The third-order valence-corrected chi connectivity index (χ3v) is 4.50. The van der Waals surface area contributed by atoms with E-state index in [0.717, 1.165) is 12.1 Å². The molecule has 1 aliphatic heterocycles. The molecule has 1 heterocycles. The number of thioether (sulfide) groups is 1. The monoisotopic (exact) mass is 275 g/mol. The molecule has 0 radical (unpaired) electrons. The molecule has 19 heavy (non-hydrogen) atoms. The van der Waals surface area contributed by atoms with Crippen LogP contribution < -0.4 is 0 Å². The van der Waals surface area contributed by atoms with E-state index in [1.165, 1.54) is 23.6 Å². The molecule has 1 aromatic rings. The second-order valence-corrected chi connectivity index (χ2v) is 6.02. The van der Waals surface area contributed by atoms with Crippen LogP contribution in [0.5, 0.6) is 0 Å². The number of hydrogen-bond donors (Lipinski definition) is 1. The molecule has 0 spiro atoms. The van der Waals surface area contributed by atoms with E-state index in [-0.39, 0.29) is 6.61 Å². The first-order chi connectivity index (χ1) is 9.29. The van der Waals surface area contributed by atoms with Crippen LogP contribution in [0, 0.1) is 11.8 Å². The van der Waals surface area contributed by atoms with Crippen LogP contribution in [0.2, 0.25) is 0 Å². The molecule has 0 amide bonds. The first-order valence-corrected chi connectivity index (χ1v) is 7.95. The molecule has 0 saturated carbocycles. The first kappa shape index (κ1) is 14.5. The zero-order chi connectivity index (χ0) is 13.5. The van der Waals surface area contributed by atoms with Crippen LogP contribution >= 0.6 is 11.8 Å². The summed E-state index contributed by atoms with van der Waals surface area (Å²) in [6.45, 7) is 4.66. The molecule has 102 valence electrons. The minimum Gasteiger partial charge on any atom is -0.395 e. The van der Waals surface area contributed by atoms with Crippen molar-refractivity contribution in [3.05, 3.63) is 35.4 Å². The lowest BCUT2D eigenvalue weighted by molar-refractivity contribution is 0.224. The summed E-state index contributed by atoms with van der Waals surface area (Å²) in [4.78, 5) is 2.54. The van der Waals surface area contributed by atoms with Gasteiger partial charge >= 0.3 is 0 Å². The molecular weight excluding hydrogens is 254 g/mol. The van der Waals surface area contributed by atoms with Gasteiger partial charge in [0, 0.05) is 42.6 Å². The van der Waals surface area contributed by atoms with Crippen LogP contribution in [-0.2, 0) is 6.54 Å². The van der Waals surface area contributed by atoms with E-state index in [9.17, 15) is 0 Å². The van der Waals surface area contributed by atoms with E-state index in [1.54, 1.807) is 0 Å². The van der Waals surface area contributed by atoms with E-state index < -0.39 is 0 Å². The van der Waals surface area contributed by atoms with E-state index in [0.29, 0.717) is 12.5 Å². The third kappa shape index (κ3) is 4.58. The fourth-order valence-corrected chi connectivity index (χ4v) is 3.23.